The molecule has 8 aromatic rings. The molecule has 2 N–H and O–H groups in total. The molecule has 0 aromatic heterocycles. The molecule has 11 rings (SSSR count). The summed E-state index contributed by atoms with van der Waals surface area (Å²) < 4.78 is 0. The van der Waals surface area contributed by atoms with E-state index < -0.39 is 5.41 Å². The molecule has 8 aromatic carbocycles. The summed E-state index contributed by atoms with van der Waals surface area (Å²) in [6, 6.07) is 63.7. The number of rotatable bonds is 3. The first-order valence-electron chi connectivity index (χ1n) is 19.7. The molecule has 2 aliphatic carbocycles. The monoisotopic (exact) mass is 721 g/mol. The second-order valence-corrected chi connectivity index (χ2v) is 15.7. The van der Waals surface area contributed by atoms with Gasteiger partial charge in [0.1, 0.15) is 5.75 Å². The molecule has 0 saturated carbocycles. The number of allylic oxidation sites excluding steroid dienone is 4. The second kappa shape index (κ2) is 13.3. The molecule has 0 radical (unpaired) electrons. The molecule has 1 aliphatic heterocycles. The Hall–Kier alpha value is -6.64. The summed E-state index contributed by atoms with van der Waals surface area (Å²) in [6.45, 7) is 4.51. The SMILES string of the molecule is CC1(c2ccc3ccccc3c2)C=CC2=C(C1)C1(c3ccccc3Nc3ccccc31)c1cc(-c3ccc4ccccc4c3)ccc12.CCc1ccc(O)cc1. The van der Waals surface area contributed by atoms with Crippen molar-refractivity contribution in [3.05, 3.63) is 227 Å². The number of aromatic hydroxyl groups is 1. The van der Waals surface area contributed by atoms with Crippen molar-refractivity contribution in [2.75, 3.05) is 5.32 Å². The molecule has 270 valence electrons. The van der Waals surface area contributed by atoms with Crippen LogP contribution in [0.5, 0.6) is 5.75 Å². The Morgan fingerprint density at radius 1 is 0.554 bits per heavy atom. The lowest BCUT2D eigenvalue weighted by atomic mass is 9.60. The van der Waals surface area contributed by atoms with Crippen LogP contribution in [0.4, 0.5) is 11.4 Å². The molecule has 2 nitrogen and oxygen atoms in total. The van der Waals surface area contributed by atoms with Gasteiger partial charge in [-0.05, 0) is 126 Å². The molecule has 0 saturated heterocycles. The average Bonchev–Trinajstić information content (AvgIpc) is 3.52. The lowest BCUT2D eigenvalue weighted by Gasteiger charge is -2.44. The van der Waals surface area contributed by atoms with E-state index in [1.807, 2.05) is 12.1 Å². The molecular formula is C54H43NO. The minimum atomic E-state index is -0.418. The Kier molecular flexibility index (Phi) is 8.04. The fourth-order valence-corrected chi connectivity index (χ4v) is 9.49. The van der Waals surface area contributed by atoms with Crippen LogP contribution >= 0.6 is 0 Å². The largest absolute Gasteiger partial charge is 0.508 e. The fourth-order valence-electron chi connectivity index (χ4n) is 9.49. The van der Waals surface area contributed by atoms with Crippen molar-refractivity contribution in [1.29, 1.82) is 0 Å². The average molecular weight is 722 g/mol. The van der Waals surface area contributed by atoms with Gasteiger partial charge in [0.15, 0.2) is 0 Å². The summed E-state index contributed by atoms with van der Waals surface area (Å²) >= 11 is 0. The first kappa shape index (κ1) is 33.9. The van der Waals surface area contributed by atoms with Gasteiger partial charge in [-0.15, -0.1) is 0 Å². The van der Waals surface area contributed by atoms with Gasteiger partial charge in [0.25, 0.3) is 0 Å². The van der Waals surface area contributed by atoms with Crippen LogP contribution in [-0.2, 0) is 17.3 Å². The standard InChI is InChI=1S/C46H33N.C8H10O/c1-45(36-22-20-31-11-3-5-13-33(31)27-36)25-24-38-37-23-21-35(34-19-18-30-10-2-4-12-32(30)26-34)28-41(37)46(42(38)29-45)39-14-6-8-16-43(39)47-44-17-9-7-15-40(44)46;1-2-7-3-5-8(9)6-4-7/h2-28,47H,29H2,1H3;3-6,9H,2H2,1H3. The lowest BCUT2D eigenvalue weighted by molar-refractivity contribution is 0.475. The van der Waals surface area contributed by atoms with Crippen LogP contribution in [0.3, 0.4) is 0 Å². The van der Waals surface area contributed by atoms with E-state index in [-0.39, 0.29) is 5.41 Å². The Bertz CT molecular complexity index is 2830. The Balaban J connectivity index is 0.000000379. The summed E-state index contributed by atoms with van der Waals surface area (Å²) in [5, 5.41) is 17.8. The number of nitrogens with one attached hydrogen (secondary N) is 1. The highest BCUT2D eigenvalue weighted by atomic mass is 16.3. The van der Waals surface area contributed by atoms with E-state index in [0.717, 1.165) is 12.8 Å². The number of phenols is 1. The number of para-hydroxylation sites is 2. The molecule has 1 spiro atoms. The molecule has 0 fully saturated rings. The van der Waals surface area contributed by atoms with Crippen molar-refractivity contribution in [3.8, 4) is 16.9 Å². The van der Waals surface area contributed by atoms with E-state index in [9.17, 15) is 0 Å². The van der Waals surface area contributed by atoms with Crippen molar-refractivity contribution in [1.82, 2.24) is 0 Å². The smallest absolute Gasteiger partial charge is 0.115 e. The van der Waals surface area contributed by atoms with Crippen LogP contribution in [0.15, 0.2) is 194 Å². The minimum absolute atomic E-state index is 0.159. The Labute approximate surface area is 329 Å². The highest BCUT2D eigenvalue weighted by Gasteiger charge is 2.53. The molecule has 56 heavy (non-hydrogen) atoms. The third-order valence-electron chi connectivity index (χ3n) is 12.4. The van der Waals surface area contributed by atoms with Crippen molar-refractivity contribution in [3.63, 3.8) is 0 Å². The van der Waals surface area contributed by atoms with E-state index in [4.69, 9.17) is 5.11 Å². The van der Waals surface area contributed by atoms with Crippen LogP contribution in [0.25, 0.3) is 38.2 Å². The van der Waals surface area contributed by atoms with E-state index in [2.05, 4.69) is 183 Å². The van der Waals surface area contributed by atoms with Crippen LogP contribution in [-0.4, -0.2) is 5.11 Å². The molecule has 0 bridgehead atoms. The number of benzene rings is 8. The van der Waals surface area contributed by atoms with Crippen LogP contribution < -0.4 is 5.32 Å². The maximum Gasteiger partial charge on any atom is 0.115 e. The second-order valence-electron chi connectivity index (χ2n) is 15.7. The summed E-state index contributed by atoms with van der Waals surface area (Å²) in [5.74, 6) is 0.340. The first-order chi connectivity index (χ1) is 27.4. The van der Waals surface area contributed by atoms with Crippen molar-refractivity contribution in [2.24, 2.45) is 0 Å². The minimum Gasteiger partial charge on any atom is -0.508 e. The zero-order chi connectivity index (χ0) is 37.9. The van der Waals surface area contributed by atoms with E-state index in [1.165, 1.54) is 88.6 Å². The molecule has 2 heteroatoms. The normalized spacial score (nSPS) is 17.0. The van der Waals surface area contributed by atoms with Gasteiger partial charge in [-0.3, -0.25) is 0 Å². The molecule has 3 aliphatic rings. The predicted molar refractivity (Wildman–Crippen MR) is 235 cm³/mol. The summed E-state index contributed by atoms with van der Waals surface area (Å²) in [4.78, 5) is 0. The number of aryl methyl sites for hydroxylation is 1. The van der Waals surface area contributed by atoms with Gasteiger partial charge in [-0.25, -0.2) is 0 Å². The molecule has 1 unspecified atom stereocenters. The Morgan fingerprint density at radius 2 is 1.12 bits per heavy atom. The van der Waals surface area contributed by atoms with Crippen LogP contribution in [0.1, 0.15) is 53.6 Å². The van der Waals surface area contributed by atoms with Crippen LogP contribution in [0.2, 0.25) is 0 Å². The van der Waals surface area contributed by atoms with Crippen molar-refractivity contribution < 1.29 is 5.11 Å². The highest BCUT2D eigenvalue weighted by molar-refractivity contribution is 5.97. The highest BCUT2D eigenvalue weighted by Crippen LogP contribution is 2.63. The quantitative estimate of drug-likeness (QED) is 0.190. The third kappa shape index (κ3) is 5.39. The maximum atomic E-state index is 8.85. The molecule has 0 amide bonds. The number of hydrogen-bond acceptors (Lipinski definition) is 2. The van der Waals surface area contributed by atoms with E-state index in [1.54, 1.807) is 12.1 Å². The van der Waals surface area contributed by atoms with E-state index in [0.29, 0.717) is 5.75 Å². The molecule has 1 atom stereocenters. The van der Waals surface area contributed by atoms with Gasteiger partial charge in [0.05, 0.1) is 5.41 Å². The van der Waals surface area contributed by atoms with Gasteiger partial charge < -0.3 is 10.4 Å². The maximum absolute atomic E-state index is 8.85. The lowest BCUT2D eigenvalue weighted by Crippen LogP contribution is -2.37. The molecule has 1 heterocycles. The van der Waals surface area contributed by atoms with Gasteiger partial charge in [-0.2, -0.15) is 0 Å². The van der Waals surface area contributed by atoms with Crippen LogP contribution in [0, 0.1) is 0 Å². The third-order valence-corrected chi connectivity index (χ3v) is 12.4. The fraction of sp³-hybridized carbons (Fsp3) is 0.111. The Morgan fingerprint density at radius 3 is 1.80 bits per heavy atom. The van der Waals surface area contributed by atoms with Gasteiger partial charge >= 0.3 is 0 Å². The van der Waals surface area contributed by atoms with Gasteiger partial charge in [0.2, 0.25) is 0 Å². The van der Waals surface area contributed by atoms with Gasteiger partial charge in [0, 0.05) is 16.8 Å². The summed E-state index contributed by atoms with van der Waals surface area (Å²) in [7, 11) is 0. The number of hydrogen-bond donors (Lipinski definition) is 2. The summed E-state index contributed by atoms with van der Waals surface area (Å²) in [6.07, 6.45) is 6.86. The number of anilines is 2. The number of phenolic OH excluding ortho intramolecular Hbond substituents is 1. The molecular weight excluding hydrogens is 679 g/mol. The zero-order valence-electron chi connectivity index (χ0n) is 31.8. The topological polar surface area (TPSA) is 32.3 Å². The first-order valence-corrected chi connectivity index (χ1v) is 19.7. The van der Waals surface area contributed by atoms with E-state index >= 15 is 0 Å². The van der Waals surface area contributed by atoms with Crippen molar-refractivity contribution >= 4 is 38.5 Å². The van der Waals surface area contributed by atoms with Gasteiger partial charge in [-0.1, -0.05) is 166 Å². The predicted octanol–water partition coefficient (Wildman–Crippen LogP) is 13.7. The summed E-state index contributed by atoms with van der Waals surface area (Å²) in [5.41, 5.74) is 15.1. The number of fused-ring (bicyclic) bond motifs is 10. The zero-order valence-corrected chi connectivity index (χ0v) is 31.8. The van der Waals surface area contributed by atoms with Crippen molar-refractivity contribution in [2.45, 2.75) is 37.5 Å².